The number of pyridine rings is 1. The van der Waals surface area contributed by atoms with Crippen LogP contribution in [0.3, 0.4) is 0 Å². The van der Waals surface area contributed by atoms with Crippen molar-refractivity contribution in [1.82, 2.24) is 25.2 Å². The lowest BCUT2D eigenvalue weighted by atomic mass is 9.98. The molecule has 0 radical (unpaired) electrons. The maximum Gasteiger partial charge on any atom is 0.390 e. The Morgan fingerprint density at radius 2 is 1.73 bits per heavy atom. The second-order valence-corrected chi connectivity index (χ2v) is 17.8. The molecule has 0 bridgehead atoms. The molecule has 12 nitrogen and oxygen atoms in total. The number of benzene rings is 3. The summed E-state index contributed by atoms with van der Waals surface area (Å²) in [6.45, 7) is 4.28. The number of nitrogens with zero attached hydrogens (tertiary/aromatic N) is 3. The summed E-state index contributed by atoms with van der Waals surface area (Å²) in [5, 5.41) is 5.94. The number of carbonyl (C=O) groups is 4. The minimum absolute atomic E-state index is 0.0621. The maximum atomic E-state index is 16.6. The number of likely N-dealkylation sites (tertiary alicyclic amines) is 1. The number of para-hydroxylation sites is 1. The van der Waals surface area contributed by atoms with E-state index < -0.39 is 48.7 Å². The third-order valence-corrected chi connectivity index (χ3v) is 13.7. The monoisotopic (exact) mass is 829 g/mol. The summed E-state index contributed by atoms with van der Waals surface area (Å²) >= 11 is 0. The molecule has 7 rings (SSSR count). The van der Waals surface area contributed by atoms with Gasteiger partial charge in [0.15, 0.2) is 0 Å². The van der Waals surface area contributed by atoms with Gasteiger partial charge >= 0.3 is 19.2 Å². The molecule has 2 unspecified atom stereocenters. The highest BCUT2D eigenvalue weighted by Crippen LogP contribution is 2.63. The highest BCUT2D eigenvalue weighted by atomic mass is 31.2. The molecule has 3 saturated heterocycles. The molecule has 3 aromatic carbocycles. The van der Waals surface area contributed by atoms with Gasteiger partial charge in [-0.1, -0.05) is 62.2 Å². The topological polar surface area (TPSA) is 147 Å². The van der Waals surface area contributed by atoms with Crippen LogP contribution in [-0.2, 0) is 29.3 Å². The second-order valence-electron chi connectivity index (χ2n) is 15.7. The number of fused-ring (bicyclic) bond motifs is 2. The summed E-state index contributed by atoms with van der Waals surface area (Å²) in [5.74, 6) is -1.71. The fraction of sp³-hybridized carbons (Fsp3) is 0.432. The lowest BCUT2D eigenvalue weighted by molar-refractivity contribution is -0.146. The predicted molar refractivity (Wildman–Crippen MR) is 218 cm³/mol. The van der Waals surface area contributed by atoms with E-state index in [1.54, 1.807) is 48.4 Å². The molecule has 1 aromatic heterocycles. The van der Waals surface area contributed by atoms with Gasteiger partial charge in [0.1, 0.15) is 23.9 Å². The molecule has 4 aromatic rings. The van der Waals surface area contributed by atoms with Crippen molar-refractivity contribution in [2.45, 2.75) is 101 Å². The summed E-state index contributed by atoms with van der Waals surface area (Å²) < 4.78 is 58.1. The first-order valence-electron chi connectivity index (χ1n) is 20.4. The van der Waals surface area contributed by atoms with E-state index in [9.17, 15) is 23.7 Å². The number of hydrogen-bond donors (Lipinski definition) is 2. The van der Waals surface area contributed by atoms with Gasteiger partial charge in [-0.3, -0.25) is 28.7 Å². The first-order chi connectivity index (χ1) is 28.4. The van der Waals surface area contributed by atoms with Crippen LogP contribution in [0.1, 0.15) is 92.6 Å². The van der Waals surface area contributed by atoms with Crippen LogP contribution in [0, 0.1) is 0 Å². The molecular formula is C44H50F2N5O7P. The molecule has 4 heterocycles. The third-order valence-electron chi connectivity index (χ3n) is 11.5. The van der Waals surface area contributed by atoms with Crippen LogP contribution in [-0.4, -0.2) is 82.3 Å². The van der Waals surface area contributed by atoms with Crippen molar-refractivity contribution in [2.75, 3.05) is 19.7 Å². The summed E-state index contributed by atoms with van der Waals surface area (Å²) in [6.07, 6.45) is 8.87. The highest BCUT2D eigenvalue weighted by molar-refractivity contribution is 7.58. The van der Waals surface area contributed by atoms with Gasteiger partial charge in [-0.05, 0) is 98.2 Å². The molecule has 15 heteroatoms. The SMILES string of the molecule is CCCOC(=O)[C@H](C)NP(=O)(Oc1ccccc1)C(F)(F)c1ccc2ccc(C(=O)N[C@H]3CCCC[C@H]4CC[C@@H](C(=O)N5CCC(c6cccnc6)C5)N4C3=O)cc2c1. The maximum absolute atomic E-state index is 16.6. The van der Waals surface area contributed by atoms with Crippen LogP contribution >= 0.6 is 7.52 Å². The van der Waals surface area contributed by atoms with Crippen LogP contribution in [0.2, 0.25) is 0 Å². The van der Waals surface area contributed by atoms with E-state index >= 15 is 8.78 Å². The molecule has 59 heavy (non-hydrogen) atoms. The largest absolute Gasteiger partial charge is 0.465 e. The van der Waals surface area contributed by atoms with Crippen molar-refractivity contribution in [3.63, 3.8) is 0 Å². The van der Waals surface area contributed by atoms with Crippen LogP contribution in [0.4, 0.5) is 8.78 Å². The predicted octanol–water partition coefficient (Wildman–Crippen LogP) is 7.54. The molecule has 6 atom stereocenters. The van der Waals surface area contributed by atoms with E-state index in [1.807, 2.05) is 23.2 Å². The van der Waals surface area contributed by atoms with Gasteiger partial charge in [0, 0.05) is 48.6 Å². The minimum Gasteiger partial charge on any atom is -0.465 e. The molecule has 3 aliphatic rings. The van der Waals surface area contributed by atoms with Gasteiger partial charge in [0.05, 0.1) is 6.61 Å². The quantitative estimate of drug-likeness (QED) is 0.103. The molecule has 3 fully saturated rings. The molecule has 3 aliphatic heterocycles. The average Bonchev–Trinajstić information content (AvgIpc) is 3.91. The molecule has 0 saturated carbocycles. The van der Waals surface area contributed by atoms with E-state index in [0.717, 1.165) is 37.0 Å². The lowest BCUT2D eigenvalue weighted by Crippen LogP contribution is -2.56. The number of ether oxygens (including phenoxy) is 1. The highest BCUT2D eigenvalue weighted by Gasteiger charge is 2.56. The van der Waals surface area contributed by atoms with Crippen LogP contribution in [0.5, 0.6) is 5.75 Å². The Morgan fingerprint density at radius 3 is 2.49 bits per heavy atom. The van der Waals surface area contributed by atoms with Gasteiger partial charge in [0.25, 0.3) is 5.91 Å². The normalized spacial score (nSPS) is 22.5. The number of alkyl halides is 2. The molecule has 312 valence electrons. The van der Waals surface area contributed by atoms with Crippen molar-refractivity contribution in [2.24, 2.45) is 0 Å². The Balaban J connectivity index is 1.09. The van der Waals surface area contributed by atoms with Gasteiger partial charge in [0.2, 0.25) is 11.8 Å². The Morgan fingerprint density at radius 1 is 0.949 bits per heavy atom. The van der Waals surface area contributed by atoms with E-state index in [0.29, 0.717) is 50.6 Å². The summed E-state index contributed by atoms with van der Waals surface area (Å²) in [6, 6.07) is 16.7. The molecule has 2 N–H and O–H groups in total. The Kier molecular flexibility index (Phi) is 12.8. The lowest BCUT2D eigenvalue weighted by Gasteiger charge is -2.36. The standard InChI is InChI=1S/C44H50F2N5O7P/c1-3-24-57-43(55)29(2)49-59(56,58-37-12-5-4-6-13-37)44(45,46)35-18-17-30-15-16-31(25-34(30)26-35)40(52)48-38-14-8-7-11-36-19-20-39(51(36)41(38)53)42(54)50-23-21-33(28-50)32-10-9-22-47-27-32/h4-6,9-10,12-13,15-18,22,25-27,29,33,36,38-39H,3,7-8,11,14,19-21,23-24,28H2,1-2H3,(H,48,52)(H,49,56)/t29-,33?,36-,38-,39-,59?/m0/s1. The molecule has 0 spiro atoms. The zero-order valence-electron chi connectivity index (χ0n) is 33.2. The van der Waals surface area contributed by atoms with Crippen LogP contribution < -0.4 is 14.9 Å². The number of esters is 1. The van der Waals surface area contributed by atoms with Gasteiger partial charge in [-0.2, -0.15) is 8.78 Å². The molecule has 0 aliphatic carbocycles. The third kappa shape index (κ3) is 9.04. The Bertz CT molecular complexity index is 2210. The van der Waals surface area contributed by atoms with Gasteiger partial charge in [-0.25, -0.2) is 5.09 Å². The zero-order valence-corrected chi connectivity index (χ0v) is 34.1. The van der Waals surface area contributed by atoms with E-state index in [1.165, 1.54) is 31.2 Å². The second kappa shape index (κ2) is 18.0. The average molecular weight is 830 g/mol. The Labute approximate surface area is 342 Å². The first-order valence-corrected chi connectivity index (χ1v) is 22.0. The summed E-state index contributed by atoms with van der Waals surface area (Å²) in [7, 11) is -5.24. The van der Waals surface area contributed by atoms with Gasteiger partial charge < -0.3 is 24.4 Å². The number of aromatic nitrogens is 1. The Hall–Kier alpha value is -5.20. The summed E-state index contributed by atoms with van der Waals surface area (Å²) in [5.41, 5.74) is -3.61. The number of carbonyl (C=O) groups excluding carboxylic acids is 4. The molecular weight excluding hydrogens is 779 g/mol. The first kappa shape index (κ1) is 41.9. The number of amides is 3. The number of nitrogens with one attached hydrogen (secondary N) is 2. The number of halogens is 2. The summed E-state index contributed by atoms with van der Waals surface area (Å²) in [4.78, 5) is 62.6. The van der Waals surface area contributed by atoms with E-state index in [2.05, 4.69) is 15.4 Å². The molecule has 3 amide bonds. The zero-order chi connectivity index (χ0) is 41.7. The van der Waals surface area contributed by atoms with E-state index in [-0.39, 0.29) is 47.1 Å². The minimum atomic E-state index is -5.24. The van der Waals surface area contributed by atoms with Crippen molar-refractivity contribution < 1.29 is 41.8 Å². The fourth-order valence-corrected chi connectivity index (χ4v) is 10.2. The number of rotatable bonds is 13. The van der Waals surface area contributed by atoms with Gasteiger partial charge in [-0.15, -0.1) is 0 Å². The van der Waals surface area contributed by atoms with Crippen molar-refractivity contribution in [3.8, 4) is 5.75 Å². The van der Waals surface area contributed by atoms with E-state index in [4.69, 9.17) is 9.26 Å². The number of hydrogen-bond acceptors (Lipinski definition) is 8. The van der Waals surface area contributed by atoms with Crippen LogP contribution in [0.15, 0.2) is 91.3 Å². The van der Waals surface area contributed by atoms with Crippen molar-refractivity contribution in [1.29, 1.82) is 0 Å². The van der Waals surface area contributed by atoms with Crippen molar-refractivity contribution >= 4 is 42.0 Å². The fourth-order valence-electron chi connectivity index (χ4n) is 8.39. The van der Waals surface area contributed by atoms with Crippen LogP contribution in [0.25, 0.3) is 10.8 Å². The van der Waals surface area contributed by atoms with Crippen molar-refractivity contribution in [3.05, 3.63) is 108 Å². The smallest absolute Gasteiger partial charge is 0.390 e.